The monoisotopic (exact) mass is 308 g/mol. The minimum absolute atomic E-state index is 0.00844. The third-order valence-corrected chi connectivity index (χ3v) is 3.14. The van der Waals surface area contributed by atoms with E-state index in [2.05, 4.69) is 10.6 Å². The van der Waals surface area contributed by atoms with Gasteiger partial charge in [0.2, 0.25) is 0 Å². The van der Waals surface area contributed by atoms with Crippen LogP contribution < -0.4 is 15.4 Å². The molecule has 5 heteroatoms. The standard InChI is InChI=1S/C17H28N2O3/c1-5-14(11-20)18-10-13-8-6-7-9-15(13)22-12-16(21)19-17(2,3)4/h6-9,14,18,20H,5,10-12H2,1-4H3,(H,19,21). The highest BCUT2D eigenvalue weighted by Crippen LogP contribution is 2.18. The second kappa shape index (κ2) is 8.76. The van der Waals surface area contributed by atoms with Crippen LogP contribution in [0.1, 0.15) is 39.7 Å². The zero-order chi connectivity index (χ0) is 16.6. The van der Waals surface area contributed by atoms with E-state index in [1.54, 1.807) is 0 Å². The van der Waals surface area contributed by atoms with Gasteiger partial charge in [0.25, 0.3) is 5.91 Å². The Kier molecular flexibility index (Phi) is 7.35. The van der Waals surface area contributed by atoms with E-state index in [4.69, 9.17) is 4.74 Å². The van der Waals surface area contributed by atoms with Gasteiger partial charge in [-0.15, -0.1) is 0 Å². The number of ether oxygens (including phenoxy) is 1. The third kappa shape index (κ3) is 6.91. The van der Waals surface area contributed by atoms with Crippen molar-refractivity contribution < 1.29 is 14.6 Å². The second-order valence-electron chi connectivity index (χ2n) is 6.36. The first-order valence-electron chi connectivity index (χ1n) is 7.71. The van der Waals surface area contributed by atoms with E-state index in [-0.39, 0.29) is 30.7 Å². The number of carbonyl (C=O) groups is 1. The smallest absolute Gasteiger partial charge is 0.258 e. The normalized spacial score (nSPS) is 12.8. The van der Waals surface area contributed by atoms with Crippen molar-refractivity contribution in [2.24, 2.45) is 0 Å². The van der Waals surface area contributed by atoms with Gasteiger partial charge in [0.1, 0.15) is 5.75 Å². The van der Waals surface area contributed by atoms with Crippen LogP contribution in [-0.2, 0) is 11.3 Å². The van der Waals surface area contributed by atoms with Gasteiger partial charge in [0.15, 0.2) is 6.61 Å². The van der Waals surface area contributed by atoms with Gasteiger partial charge in [0.05, 0.1) is 6.61 Å². The fraction of sp³-hybridized carbons (Fsp3) is 0.588. The van der Waals surface area contributed by atoms with Crippen molar-refractivity contribution in [1.29, 1.82) is 0 Å². The van der Waals surface area contributed by atoms with Crippen LogP contribution in [0.3, 0.4) is 0 Å². The molecule has 0 aliphatic carbocycles. The Bertz CT molecular complexity index is 465. The van der Waals surface area contributed by atoms with Gasteiger partial charge < -0.3 is 20.5 Å². The number of carbonyl (C=O) groups excluding carboxylic acids is 1. The van der Waals surface area contributed by atoms with Crippen LogP contribution in [0.25, 0.3) is 0 Å². The number of hydrogen-bond donors (Lipinski definition) is 3. The number of rotatable bonds is 8. The zero-order valence-corrected chi connectivity index (χ0v) is 14.0. The lowest BCUT2D eigenvalue weighted by atomic mass is 10.1. The van der Waals surface area contributed by atoms with Crippen molar-refractivity contribution >= 4 is 5.91 Å². The van der Waals surface area contributed by atoms with E-state index in [0.717, 1.165) is 12.0 Å². The Hall–Kier alpha value is -1.59. The summed E-state index contributed by atoms with van der Waals surface area (Å²) in [6.07, 6.45) is 0.855. The number of nitrogens with one attached hydrogen (secondary N) is 2. The maximum Gasteiger partial charge on any atom is 0.258 e. The lowest BCUT2D eigenvalue weighted by Crippen LogP contribution is -2.43. The van der Waals surface area contributed by atoms with Crippen LogP contribution in [0, 0.1) is 0 Å². The molecule has 1 unspecified atom stereocenters. The van der Waals surface area contributed by atoms with Crippen LogP contribution in [0.5, 0.6) is 5.75 Å². The van der Waals surface area contributed by atoms with E-state index in [9.17, 15) is 9.90 Å². The summed E-state index contributed by atoms with van der Waals surface area (Å²) in [5.74, 6) is 0.545. The summed E-state index contributed by atoms with van der Waals surface area (Å²) in [5, 5.41) is 15.3. The summed E-state index contributed by atoms with van der Waals surface area (Å²) >= 11 is 0. The molecule has 1 aromatic rings. The quantitative estimate of drug-likeness (QED) is 0.685. The van der Waals surface area contributed by atoms with Gasteiger partial charge >= 0.3 is 0 Å². The van der Waals surface area contributed by atoms with E-state index >= 15 is 0 Å². The average molecular weight is 308 g/mol. The fourth-order valence-corrected chi connectivity index (χ4v) is 1.98. The van der Waals surface area contributed by atoms with Gasteiger partial charge in [0, 0.05) is 23.7 Å². The molecule has 0 bridgehead atoms. The molecule has 0 spiro atoms. The lowest BCUT2D eigenvalue weighted by Gasteiger charge is -2.21. The van der Waals surface area contributed by atoms with Crippen molar-refractivity contribution in [2.45, 2.75) is 52.2 Å². The van der Waals surface area contributed by atoms with Gasteiger partial charge in [-0.3, -0.25) is 4.79 Å². The SMILES string of the molecule is CCC(CO)NCc1ccccc1OCC(=O)NC(C)(C)C. The molecule has 1 aromatic carbocycles. The molecule has 0 aliphatic rings. The van der Waals surface area contributed by atoms with E-state index in [0.29, 0.717) is 12.3 Å². The number of hydrogen-bond acceptors (Lipinski definition) is 4. The molecule has 0 saturated heterocycles. The molecule has 0 saturated carbocycles. The summed E-state index contributed by atoms with van der Waals surface area (Å²) in [6, 6.07) is 7.68. The molecule has 1 amide bonds. The zero-order valence-electron chi connectivity index (χ0n) is 14.0. The maximum atomic E-state index is 11.8. The second-order valence-corrected chi connectivity index (χ2v) is 6.36. The molecule has 1 atom stereocenters. The Morgan fingerprint density at radius 2 is 2.00 bits per heavy atom. The first-order valence-corrected chi connectivity index (χ1v) is 7.71. The predicted octanol–water partition coefficient (Wildman–Crippen LogP) is 1.84. The van der Waals surface area contributed by atoms with Gasteiger partial charge in [-0.2, -0.15) is 0 Å². The molecule has 1 rings (SSSR count). The Labute approximate surface area is 133 Å². The topological polar surface area (TPSA) is 70.6 Å². The van der Waals surface area contributed by atoms with Crippen LogP contribution in [0.15, 0.2) is 24.3 Å². The summed E-state index contributed by atoms with van der Waals surface area (Å²) in [5.41, 5.74) is 0.703. The molecule has 0 radical (unpaired) electrons. The number of para-hydroxylation sites is 1. The van der Waals surface area contributed by atoms with Gasteiger partial charge in [-0.25, -0.2) is 0 Å². The molecule has 22 heavy (non-hydrogen) atoms. The van der Waals surface area contributed by atoms with Crippen LogP contribution in [0.2, 0.25) is 0 Å². The Morgan fingerprint density at radius 3 is 2.59 bits per heavy atom. The minimum Gasteiger partial charge on any atom is -0.483 e. The molecule has 3 N–H and O–H groups in total. The first kappa shape index (κ1) is 18.5. The summed E-state index contributed by atoms with van der Waals surface area (Å²) in [7, 11) is 0. The molecule has 0 fully saturated rings. The molecule has 124 valence electrons. The number of benzene rings is 1. The molecule has 0 heterocycles. The first-order chi connectivity index (χ1) is 10.4. The highest BCUT2D eigenvalue weighted by Gasteiger charge is 2.14. The molecule has 5 nitrogen and oxygen atoms in total. The highest BCUT2D eigenvalue weighted by atomic mass is 16.5. The molecule has 0 aliphatic heterocycles. The molecular weight excluding hydrogens is 280 g/mol. The highest BCUT2D eigenvalue weighted by molar-refractivity contribution is 5.78. The van der Waals surface area contributed by atoms with Gasteiger partial charge in [-0.1, -0.05) is 25.1 Å². The van der Waals surface area contributed by atoms with Crippen LogP contribution in [-0.4, -0.2) is 35.8 Å². The summed E-state index contributed by atoms with van der Waals surface area (Å²) in [6.45, 7) is 8.51. The number of aliphatic hydroxyl groups excluding tert-OH is 1. The molecular formula is C17H28N2O3. The number of aliphatic hydroxyl groups is 1. The van der Waals surface area contributed by atoms with Crippen LogP contribution in [0.4, 0.5) is 0 Å². The largest absolute Gasteiger partial charge is 0.483 e. The van der Waals surface area contributed by atoms with Crippen molar-refractivity contribution in [3.63, 3.8) is 0 Å². The maximum absolute atomic E-state index is 11.8. The van der Waals surface area contributed by atoms with E-state index in [1.807, 2.05) is 52.0 Å². The summed E-state index contributed by atoms with van der Waals surface area (Å²) in [4.78, 5) is 11.8. The Balaban J connectivity index is 2.58. The predicted molar refractivity (Wildman–Crippen MR) is 87.8 cm³/mol. The minimum atomic E-state index is -0.267. The van der Waals surface area contributed by atoms with Crippen molar-refractivity contribution in [3.05, 3.63) is 29.8 Å². The van der Waals surface area contributed by atoms with Gasteiger partial charge in [-0.05, 0) is 33.3 Å². The van der Waals surface area contributed by atoms with Crippen molar-refractivity contribution in [3.8, 4) is 5.75 Å². The number of amides is 1. The summed E-state index contributed by atoms with van der Waals surface area (Å²) < 4.78 is 5.63. The third-order valence-electron chi connectivity index (χ3n) is 3.14. The van der Waals surface area contributed by atoms with Crippen molar-refractivity contribution in [1.82, 2.24) is 10.6 Å². The van der Waals surface area contributed by atoms with E-state index in [1.165, 1.54) is 0 Å². The Morgan fingerprint density at radius 1 is 1.32 bits per heavy atom. The fourth-order valence-electron chi connectivity index (χ4n) is 1.98. The average Bonchev–Trinajstić information content (AvgIpc) is 2.45. The van der Waals surface area contributed by atoms with Crippen molar-refractivity contribution in [2.75, 3.05) is 13.2 Å². The van der Waals surface area contributed by atoms with Crippen LogP contribution >= 0.6 is 0 Å². The lowest BCUT2D eigenvalue weighted by molar-refractivity contribution is -0.124. The molecule has 0 aromatic heterocycles. The van der Waals surface area contributed by atoms with E-state index < -0.39 is 0 Å².